The van der Waals surface area contributed by atoms with E-state index < -0.39 is 97.9 Å². The first-order valence-corrected chi connectivity index (χ1v) is 47.3. The number of anilines is 16. The summed E-state index contributed by atoms with van der Waals surface area (Å²) in [5, 5.41) is 60.1. The van der Waals surface area contributed by atoms with E-state index >= 15 is 0 Å². The minimum Gasteiger partial charge on any atom is -0.495 e. The van der Waals surface area contributed by atoms with Crippen molar-refractivity contribution in [3.05, 3.63) is 120 Å². The van der Waals surface area contributed by atoms with Gasteiger partial charge in [-0.3, -0.25) is 38.4 Å². The highest BCUT2D eigenvalue weighted by Gasteiger charge is 2.54. The topological polar surface area (TPSA) is 480 Å². The summed E-state index contributed by atoms with van der Waals surface area (Å²) in [6.45, 7) is 3.72. The van der Waals surface area contributed by atoms with Crippen molar-refractivity contribution < 1.29 is 113 Å². The van der Waals surface area contributed by atoms with Crippen LogP contribution < -0.4 is 101 Å². The lowest BCUT2D eigenvalue weighted by Gasteiger charge is -2.31. The molecule has 0 saturated heterocycles. The number of fused-ring (bicyclic) bond motifs is 4. The SMILES string of the molecule is COc1cc(C(=O)NC[C@@H](C)O)ccc1Nc1ncc2c(n1)N(C1CCCC1)CC(F)(F)C(=O)N2C.COc1cc(C(=O)NC[C@@H](C)O)ccc1Nc1ncc2c(n1)N(C1CCCC1)CC(F)(F)C(=O)N2C.COc1cc(C(=O)NC[C@H](C)O)ccc1Nc1ncc2c(n1)N(C1CCCC1)CC(F)(F)C(=O)N2C.COc1cc(C(=O)NC[C@H](C)O)ccc1Nc1ncc2c(n1)N(C1CCCC1)CC(F)(F)C(=O)N2C. The summed E-state index contributed by atoms with van der Waals surface area (Å²) in [5.74, 6) is -17.9. The third-order valence-electron chi connectivity index (χ3n) is 25.6. The van der Waals surface area contributed by atoms with Crippen LogP contribution in [0.5, 0.6) is 23.0 Å². The Morgan fingerprint density at radius 3 is 0.681 bits per heavy atom. The molecule has 8 aromatic rings. The van der Waals surface area contributed by atoms with E-state index in [1.54, 1.807) is 76.2 Å². The van der Waals surface area contributed by atoms with Crippen molar-refractivity contribution in [3.63, 3.8) is 0 Å². The van der Waals surface area contributed by atoms with E-state index in [0.29, 0.717) is 68.0 Å². The molecule has 0 radical (unpaired) electrons. The molecule has 776 valence electrons. The lowest BCUT2D eigenvalue weighted by molar-refractivity contribution is -0.141. The smallest absolute Gasteiger partial charge is 0.342 e. The molecule has 4 fully saturated rings. The molecule has 4 aromatic heterocycles. The van der Waals surface area contributed by atoms with Crippen LogP contribution in [0.4, 0.5) is 128 Å². The summed E-state index contributed by atoms with van der Waals surface area (Å²) in [7, 11) is 11.0. The molecule has 144 heavy (non-hydrogen) atoms. The molecule has 0 spiro atoms. The van der Waals surface area contributed by atoms with Crippen molar-refractivity contribution in [3.8, 4) is 23.0 Å². The van der Waals surface area contributed by atoms with Gasteiger partial charge in [0.2, 0.25) is 23.8 Å². The van der Waals surface area contributed by atoms with Crippen LogP contribution in [-0.4, -0.2) is 289 Å². The average Bonchev–Trinajstić information content (AvgIpc) is 1.63. The van der Waals surface area contributed by atoms with Gasteiger partial charge in [-0.25, -0.2) is 19.9 Å². The van der Waals surface area contributed by atoms with Crippen LogP contribution in [0.15, 0.2) is 97.6 Å². The third-order valence-corrected chi connectivity index (χ3v) is 25.6. The van der Waals surface area contributed by atoms with Gasteiger partial charge in [-0.05, 0) is 152 Å². The number of aliphatic hydroxyl groups is 4. The van der Waals surface area contributed by atoms with Gasteiger partial charge in [-0.15, -0.1) is 0 Å². The number of methoxy groups -OCH3 is 4. The Bertz CT molecular complexity index is 5270. The molecule has 48 heteroatoms. The number of hydrogen-bond donors (Lipinski definition) is 12. The molecule has 0 unspecified atom stereocenters. The fraction of sp³-hybridized carbons (Fsp3) is 0.500. The number of hydrogen-bond acceptors (Lipinski definition) is 32. The second-order valence-corrected chi connectivity index (χ2v) is 36.5. The summed E-state index contributed by atoms with van der Waals surface area (Å²) in [4.78, 5) is 144. The van der Waals surface area contributed by atoms with Gasteiger partial charge in [0.05, 0.1) is 127 Å². The van der Waals surface area contributed by atoms with Crippen LogP contribution in [0.25, 0.3) is 0 Å². The normalized spacial score (nSPS) is 18.4. The van der Waals surface area contributed by atoms with E-state index in [1.165, 1.54) is 125 Å². The highest BCUT2D eigenvalue weighted by Crippen LogP contribution is 2.47. The molecule has 8 heterocycles. The quantitative estimate of drug-likeness (QED) is 0.0203. The van der Waals surface area contributed by atoms with E-state index in [9.17, 15) is 93.9 Å². The number of alkyl halides is 8. The number of aromatic nitrogens is 8. The van der Waals surface area contributed by atoms with E-state index in [-0.39, 0.29) is 144 Å². The standard InChI is InChI=1S/4C24H30F2N6O4/c4*1-14(33)11-27-21(34)15-8-9-17(19(10-15)36-3)29-23-28-12-18-20(30-23)32(16-6-4-5-7-16)13-24(25,26)22(35)31(18)2/h4*8-10,12,14,16,33H,4-7,11,13H2,1-3H3,(H,27,34)(H,28,29,30)/t4*14-/m1100/s1. The minimum absolute atomic E-state index is 0.109. The van der Waals surface area contributed by atoms with E-state index in [0.717, 1.165) is 122 Å². The molecular formula is C96H120F8N24O16. The Balaban J connectivity index is 0.000000161. The lowest BCUT2D eigenvalue weighted by atomic mass is 10.1. The number of carbonyl (C=O) groups excluding carboxylic acids is 8. The number of rotatable bonds is 28. The number of benzene rings is 4. The Morgan fingerprint density at radius 2 is 0.514 bits per heavy atom. The molecule has 4 aliphatic heterocycles. The van der Waals surface area contributed by atoms with Crippen molar-refractivity contribution in [1.29, 1.82) is 0 Å². The number of halogens is 8. The van der Waals surface area contributed by atoms with Crippen molar-refractivity contribution in [1.82, 2.24) is 61.1 Å². The lowest BCUT2D eigenvalue weighted by Crippen LogP contribution is -2.48. The first-order chi connectivity index (χ1) is 68.4. The zero-order valence-electron chi connectivity index (χ0n) is 81.7. The van der Waals surface area contributed by atoms with Crippen molar-refractivity contribution in [2.75, 3.05) is 169 Å². The average molecular weight is 2020 g/mol. The van der Waals surface area contributed by atoms with Gasteiger partial charge in [0.1, 0.15) is 45.7 Å². The van der Waals surface area contributed by atoms with E-state index in [1.807, 2.05) is 0 Å². The summed E-state index contributed by atoms with van der Waals surface area (Å²) < 4.78 is 140. The van der Waals surface area contributed by atoms with Crippen LogP contribution in [0, 0.1) is 0 Å². The summed E-state index contributed by atoms with van der Waals surface area (Å²) in [6.07, 6.45) is 16.1. The van der Waals surface area contributed by atoms with Crippen LogP contribution in [-0.2, 0) is 19.2 Å². The van der Waals surface area contributed by atoms with Crippen LogP contribution in [0.2, 0.25) is 0 Å². The second-order valence-electron chi connectivity index (χ2n) is 36.5. The van der Waals surface area contributed by atoms with Crippen LogP contribution in [0.3, 0.4) is 0 Å². The second kappa shape index (κ2) is 46.0. The molecule has 4 aromatic carbocycles. The fourth-order valence-corrected chi connectivity index (χ4v) is 18.0. The largest absolute Gasteiger partial charge is 0.495 e. The van der Waals surface area contributed by atoms with Gasteiger partial charge in [0, 0.05) is 101 Å². The Morgan fingerprint density at radius 1 is 0.333 bits per heavy atom. The zero-order valence-corrected chi connectivity index (χ0v) is 81.7. The predicted molar refractivity (Wildman–Crippen MR) is 521 cm³/mol. The molecule has 12 N–H and O–H groups in total. The van der Waals surface area contributed by atoms with E-state index in [4.69, 9.17) is 18.9 Å². The summed E-state index contributed by atoms with van der Waals surface area (Å²) in [6, 6.07) is 18.3. The Hall–Kier alpha value is -14.2. The zero-order chi connectivity index (χ0) is 104. The first-order valence-electron chi connectivity index (χ1n) is 47.3. The number of aliphatic hydroxyl groups excluding tert-OH is 4. The number of nitrogens with zero attached hydrogens (tertiary/aromatic N) is 16. The molecule has 4 atom stereocenters. The number of amides is 8. The molecule has 0 bridgehead atoms. The first kappa shape index (κ1) is 107. The Labute approximate surface area is 825 Å². The maximum Gasteiger partial charge on any atom is 0.342 e. The number of nitrogens with one attached hydrogen (secondary N) is 8. The van der Waals surface area contributed by atoms with Crippen molar-refractivity contribution in [2.45, 2.75) is 203 Å². The number of ether oxygens (including phenoxy) is 4. The van der Waals surface area contributed by atoms with Gasteiger partial charge in [0.25, 0.3) is 47.3 Å². The highest BCUT2D eigenvalue weighted by molar-refractivity contribution is 6.06. The van der Waals surface area contributed by atoms with Crippen molar-refractivity contribution in [2.24, 2.45) is 0 Å². The van der Waals surface area contributed by atoms with Crippen LogP contribution >= 0.6 is 0 Å². The third kappa shape index (κ3) is 25.2. The molecule has 4 aliphatic carbocycles. The van der Waals surface area contributed by atoms with Gasteiger partial charge in [-0.2, -0.15) is 55.1 Å². The molecule has 8 amide bonds. The predicted octanol–water partition coefficient (Wildman–Crippen LogP) is 10.8. The van der Waals surface area contributed by atoms with Crippen molar-refractivity contribution >= 4 is 140 Å². The minimum atomic E-state index is -3.56. The van der Waals surface area contributed by atoms with Gasteiger partial charge in [0.15, 0.2) is 23.3 Å². The molecule has 8 aliphatic rings. The molecular weight excluding hydrogens is 1900 g/mol. The highest BCUT2D eigenvalue weighted by atomic mass is 19.3. The fourth-order valence-electron chi connectivity index (χ4n) is 18.0. The number of carbonyl (C=O) groups is 8. The maximum absolute atomic E-state index is 14.8. The van der Waals surface area contributed by atoms with E-state index in [2.05, 4.69) is 82.4 Å². The Kier molecular flexibility index (Phi) is 34.3. The molecule has 4 saturated carbocycles. The maximum atomic E-state index is 14.8. The summed E-state index contributed by atoms with van der Waals surface area (Å²) >= 11 is 0. The molecule has 40 nitrogen and oxygen atoms in total. The van der Waals surface area contributed by atoms with Gasteiger partial charge < -0.3 is 121 Å². The van der Waals surface area contributed by atoms with Crippen LogP contribution in [0.1, 0.15) is 172 Å². The summed E-state index contributed by atoms with van der Waals surface area (Å²) in [5.41, 5.74) is 4.01. The van der Waals surface area contributed by atoms with Gasteiger partial charge >= 0.3 is 23.7 Å². The van der Waals surface area contributed by atoms with Gasteiger partial charge in [-0.1, -0.05) is 51.4 Å². The monoisotopic (exact) mass is 2020 g/mol. The molecule has 16 rings (SSSR count).